The van der Waals surface area contributed by atoms with Gasteiger partial charge in [0.25, 0.3) is 0 Å². The van der Waals surface area contributed by atoms with E-state index < -0.39 is 11.6 Å². The number of nitrogens with zero attached hydrogens (tertiary/aromatic N) is 7. The van der Waals surface area contributed by atoms with Gasteiger partial charge in [0.15, 0.2) is 11.5 Å². The Morgan fingerprint density at radius 3 is 2.54 bits per heavy atom. The summed E-state index contributed by atoms with van der Waals surface area (Å²) in [6, 6.07) is 13.5. The molecule has 2 aromatic carbocycles. The molecule has 8 nitrogen and oxygen atoms in total. The summed E-state index contributed by atoms with van der Waals surface area (Å²) in [7, 11) is 0. The fourth-order valence-electron chi connectivity index (χ4n) is 4.77. The van der Waals surface area contributed by atoms with Crippen molar-refractivity contribution in [3.63, 3.8) is 0 Å². The van der Waals surface area contributed by atoms with Gasteiger partial charge in [-0.25, -0.2) is 18.7 Å². The number of halogens is 2. The lowest BCUT2D eigenvalue weighted by atomic mass is 10.0. The summed E-state index contributed by atoms with van der Waals surface area (Å²) < 4.78 is 28.9. The van der Waals surface area contributed by atoms with Gasteiger partial charge in [-0.15, -0.1) is 5.10 Å². The number of fused-ring (bicyclic) bond motifs is 3. The first-order chi connectivity index (χ1) is 17.1. The van der Waals surface area contributed by atoms with E-state index in [0.29, 0.717) is 36.2 Å². The third-order valence-corrected chi connectivity index (χ3v) is 6.66. The lowest BCUT2D eigenvalue weighted by Crippen LogP contribution is -2.47. The number of benzene rings is 2. The molecule has 2 aromatic heterocycles. The quantitative estimate of drug-likeness (QED) is 0.475. The summed E-state index contributed by atoms with van der Waals surface area (Å²) in [5.41, 5.74) is 9.75. The molecule has 2 aliphatic heterocycles. The van der Waals surface area contributed by atoms with Crippen LogP contribution in [0.25, 0.3) is 17.0 Å². The molecule has 0 saturated carbocycles. The number of nitrogen functional groups attached to an aromatic ring is 1. The normalized spacial score (nSPS) is 17.9. The van der Waals surface area contributed by atoms with Crippen molar-refractivity contribution >= 4 is 29.2 Å². The minimum Gasteiger partial charge on any atom is -0.368 e. The van der Waals surface area contributed by atoms with E-state index in [4.69, 9.17) is 10.7 Å². The van der Waals surface area contributed by atoms with Crippen LogP contribution in [-0.2, 0) is 0 Å². The highest BCUT2D eigenvalue weighted by molar-refractivity contribution is 5.86. The minimum atomic E-state index is -0.558. The number of rotatable bonds is 5. The molecule has 1 saturated heterocycles. The van der Waals surface area contributed by atoms with Gasteiger partial charge in [0.1, 0.15) is 17.3 Å². The zero-order chi connectivity index (χ0) is 23.9. The van der Waals surface area contributed by atoms with Crippen LogP contribution in [0.4, 0.5) is 26.1 Å². The minimum absolute atomic E-state index is 0.0433. The average molecular weight is 475 g/mol. The predicted octanol–water partition coefficient (Wildman–Crippen LogP) is 3.66. The number of nitrogens with two attached hydrogens (primary N) is 1. The fourth-order valence-corrected chi connectivity index (χ4v) is 4.77. The zero-order valence-corrected chi connectivity index (χ0v) is 19.0. The molecule has 0 radical (unpaired) electrons. The van der Waals surface area contributed by atoms with Crippen LogP contribution in [0.5, 0.6) is 0 Å². The van der Waals surface area contributed by atoms with Gasteiger partial charge < -0.3 is 10.6 Å². The predicted molar refractivity (Wildman–Crippen MR) is 131 cm³/mol. The van der Waals surface area contributed by atoms with Crippen LogP contribution in [0.15, 0.2) is 53.5 Å². The monoisotopic (exact) mass is 474 g/mol. The van der Waals surface area contributed by atoms with E-state index in [1.54, 1.807) is 4.52 Å². The van der Waals surface area contributed by atoms with Crippen molar-refractivity contribution in [1.29, 1.82) is 0 Å². The third kappa shape index (κ3) is 3.99. The summed E-state index contributed by atoms with van der Waals surface area (Å²) >= 11 is 0. The molecule has 2 aliphatic rings. The van der Waals surface area contributed by atoms with Crippen molar-refractivity contribution in [2.24, 2.45) is 4.99 Å². The van der Waals surface area contributed by atoms with Crippen LogP contribution in [-0.4, -0.2) is 63.4 Å². The van der Waals surface area contributed by atoms with E-state index in [1.165, 1.54) is 12.1 Å². The highest BCUT2D eigenvalue weighted by Gasteiger charge is 2.28. The van der Waals surface area contributed by atoms with Crippen molar-refractivity contribution in [2.75, 3.05) is 43.4 Å². The van der Waals surface area contributed by atoms with Crippen molar-refractivity contribution in [2.45, 2.75) is 12.3 Å². The number of aliphatic imine (C=N–C) groups is 1. The smallest absolute Gasteiger partial charge is 0.223 e. The van der Waals surface area contributed by atoms with E-state index in [0.717, 1.165) is 49.1 Å². The summed E-state index contributed by atoms with van der Waals surface area (Å²) in [5.74, 6) is -0.157. The Morgan fingerprint density at radius 1 is 0.971 bits per heavy atom. The molecule has 10 heteroatoms. The molecular weight excluding hydrogens is 450 g/mol. The van der Waals surface area contributed by atoms with Gasteiger partial charge >= 0.3 is 0 Å². The van der Waals surface area contributed by atoms with E-state index in [2.05, 4.69) is 20.0 Å². The molecule has 1 unspecified atom stereocenters. The number of piperazine rings is 1. The van der Waals surface area contributed by atoms with E-state index in [-0.39, 0.29) is 5.92 Å². The van der Waals surface area contributed by atoms with Crippen LogP contribution < -0.4 is 10.6 Å². The first kappa shape index (κ1) is 21.6. The number of aromatic nitrogens is 4. The Bertz CT molecular complexity index is 1410. The van der Waals surface area contributed by atoms with Crippen molar-refractivity contribution < 1.29 is 8.78 Å². The maximum Gasteiger partial charge on any atom is 0.223 e. The Kier molecular flexibility index (Phi) is 5.37. The van der Waals surface area contributed by atoms with Gasteiger partial charge in [0.05, 0.1) is 11.4 Å². The molecule has 4 heterocycles. The second-order valence-electron chi connectivity index (χ2n) is 8.84. The molecule has 0 amide bonds. The Labute approximate surface area is 200 Å². The van der Waals surface area contributed by atoms with E-state index in [1.807, 2.05) is 41.4 Å². The first-order valence-electron chi connectivity index (χ1n) is 11.6. The van der Waals surface area contributed by atoms with Crippen LogP contribution in [0.2, 0.25) is 0 Å². The molecule has 1 fully saturated rings. The van der Waals surface area contributed by atoms with E-state index in [9.17, 15) is 8.78 Å². The van der Waals surface area contributed by atoms with Gasteiger partial charge in [-0.05, 0) is 25.1 Å². The lowest BCUT2D eigenvalue weighted by molar-refractivity contribution is 0.252. The Hall–Kier alpha value is -3.92. The Balaban J connectivity index is 1.14. The van der Waals surface area contributed by atoms with Gasteiger partial charge in [-0.3, -0.25) is 9.89 Å². The highest BCUT2D eigenvalue weighted by Crippen LogP contribution is 2.37. The lowest BCUT2D eigenvalue weighted by Gasteiger charge is -2.36. The summed E-state index contributed by atoms with van der Waals surface area (Å²) in [5, 5.41) is 4.53. The molecule has 35 heavy (non-hydrogen) atoms. The average Bonchev–Trinajstić information content (AvgIpc) is 3.49. The number of hydrogen-bond donors (Lipinski definition) is 1. The maximum atomic E-state index is 14.1. The van der Waals surface area contributed by atoms with Gasteiger partial charge in [-0.1, -0.05) is 30.3 Å². The molecule has 4 aromatic rings. The molecule has 0 spiro atoms. The molecule has 2 N–H and O–H groups in total. The molecule has 6 rings (SSSR count). The van der Waals surface area contributed by atoms with Crippen molar-refractivity contribution in [3.8, 4) is 11.4 Å². The number of anilines is 2. The second-order valence-corrected chi connectivity index (χ2v) is 8.84. The summed E-state index contributed by atoms with van der Waals surface area (Å²) in [6.45, 7) is 3.82. The SMILES string of the molecule is Nc1nc2c(c3nc(-c4ccccc4)nn13)N=CC2CCN1CCN(c2ccc(F)cc2F)CC1. The standard InChI is InChI=1S/C25H24F2N8/c26-18-6-7-20(19(27)14-18)34-12-10-33(11-13-34)9-8-17-15-29-22-21(17)30-25(28)35-24(22)31-23(32-35)16-4-2-1-3-5-16/h1-7,14-15,17H,8-13H2,(H2,28,30). The van der Waals surface area contributed by atoms with Crippen LogP contribution in [0.3, 0.4) is 0 Å². The zero-order valence-electron chi connectivity index (χ0n) is 19.0. The Morgan fingerprint density at radius 2 is 1.77 bits per heavy atom. The van der Waals surface area contributed by atoms with Gasteiger partial charge in [-0.2, -0.15) is 4.52 Å². The van der Waals surface area contributed by atoms with Crippen LogP contribution >= 0.6 is 0 Å². The van der Waals surface area contributed by atoms with Crippen molar-refractivity contribution in [1.82, 2.24) is 24.5 Å². The van der Waals surface area contributed by atoms with Gasteiger partial charge in [0.2, 0.25) is 5.95 Å². The number of hydrogen-bond acceptors (Lipinski definition) is 7. The van der Waals surface area contributed by atoms with Gasteiger partial charge in [0, 0.05) is 49.9 Å². The van der Waals surface area contributed by atoms with Crippen molar-refractivity contribution in [3.05, 3.63) is 65.9 Å². The van der Waals surface area contributed by atoms with E-state index >= 15 is 0 Å². The second kappa shape index (κ2) is 8.70. The molecular formula is C25H24F2N8. The first-order valence-corrected chi connectivity index (χ1v) is 11.6. The third-order valence-electron chi connectivity index (χ3n) is 6.66. The van der Waals surface area contributed by atoms with Crippen LogP contribution in [0, 0.1) is 11.6 Å². The summed E-state index contributed by atoms with van der Waals surface area (Å²) in [4.78, 5) is 18.2. The van der Waals surface area contributed by atoms with Crippen LogP contribution in [0.1, 0.15) is 18.0 Å². The largest absolute Gasteiger partial charge is 0.368 e. The molecule has 0 aliphatic carbocycles. The summed E-state index contributed by atoms with van der Waals surface area (Å²) in [6.07, 6.45) is 2.75. The fraction of sp³-hybridized carbons (Fsp3) is 0.280. The molecule has 178 valence electrons. The topological polar surface area (TPSA) is 87.9 Å². The molecule has 1 atom stereocenters. The molecule has 0 bridgehead atoms. The maximum absolute atomic E-state index is 14.1. The highest BCUT2D eigenvalue weighted by atomic mass is 19.1.